The largest absolute Gasteiger partial charge is 0.341 e. The molecule has 0 aliphatic rings. The van der Waals surface area contributed by atoms with Gasteiger partial charge in [-0.3, -0.25) is 4.79 Å². The zero-order valence-corrected chi connectivity index (χ0v) is 12.8. The lowest BCUT2D eigenvalue weighted by Gasteiger charge is -2.21. The van der Waals surface area contributed by atoms with Crippen LogP contribution in [0.1, 0.15) is 30.6 Å². The highest BCUT2D eigenvalue weighted by atomic mass is 35.7. The maximum Gasteiger partial charge on any atom is 0.261 e. The molecule has 0 aliphatic heterocycles. The van der Waals surface area contributed by atoms with Gasteiger partial charge in [-0.25, -0.2) is 8.42 Å². The van der Waals surface area contributed by atoms with Crippen molar-refractivity contribution in [2.75, 3.05) is 13.6 Å². The molecule has 0 saturated carbocycles. The van der Waals surface area contributed by atoms with Gasteiger partial charge in [0.1, 0.15) is 0 Å². The maximum atomic E-state index is 12.2. The van der Waals surface area contributed by atoms with Crippen molar-refractivity contribution < 1.29 is 13.2 Å². The predicted molar refractivity (Wildman–Crippen MR) is 75.9 cm³/mol. The van der Waals surface area contributed by atoms with E-state index in [1.165, 1.54) is 18.2 Å². The first-order valence-electron chi connectivity index (χ1n) is 6.06. The Kier molecular flexibility index (Phi) is 5.38. The number of halogens is 1. The monoisotopic (exact) mass is 303 g/mol. The lowest BCUT2D eigenvalue weighted by molar-refractivity contribution is 0.0774. The van der Waals surface area contributed by atoms with Crippen molar-refractivity contribution in [3.63, 3.8) is 0 Å². The summed E-state index contributed by atoms with van der Waals surface area (Å²) in [4.78, 5) is 13.7. The Balaban J connectivity index is 2.94. The third kappa shape index (κ3) is 4.51. The SMILES string of the molecule is CCC(C)CN(C)C(=O)c1cccc(S(=O)(=O)Cl)c1. The van der Waals surface area contributed by atoms with Crippen molar-refractivity contribution in [1.29, 1.82) is 0 Å². The van der Waals surface area contributed by atoms with E-state index in [1.807, 2.05) is 0 Å². The van der Waals surface area contributed by atoms with E-state index in [0.29, 0.717) is 18.0 Å². The van der Waals surface area contributed by atoms with E-state index in [9.17, 15) is 13.2 Å². The quantitative estimate of drug-likeness (QED) is 0.786. The van der Waals surface area contributed by atoms with E-state index in [-0.39, 0.29) is 10.8 Å². The minimum absolute atomic E-state index is 0.0584. The van der Waals surface area contributed by atoms with Crippen molar-refractivity contribution in [3.05, 3.63) is 29.8 Å². The molecule has 0 N–H and O–H groups in total. The summed E-state index contributed by atoms with van der Waals surface area (Å²) in [6.45, 7) is 4.75. The molecule has 0 aliphatic carbocycles. The second-order valence-electron chi connectivity index (χ2n) is 4.66. The third-order valence-electron chi connectivity index (χ3n) is 2.99. The molecule has 4 nitrogen and oxygen atoms in total. The number of amides is 1. The van der Waals surface area contributed by atoms with Gasteiger partial charge in [0.15, 0.2) is 0 Å². The van der Waals surface area contributed by atoms with Crippen LogP contribution in [0.3, 0.4) is 0 Å². The van der Waals surface area contributed by atoms with E-state index < -0.39 is 9.05 Å². The van der Waals surface area contributed by atoms with Gasteiger partial charge in [-0.15, -0.1) is 0 Å². The number of hydrogen-bond donors (Lipinski definition) is 0. The second-order valence-corrected chi connectivity index (χ2v) is 7.23. The molecule has 6 heteroatoms. The van der Waals surface area contributed by atoms with E-state index in [1.54, 1.807) is 18.0 Å². The summed E-state index contributed by atoms with van der Waals surface area (Å²) in [6.07, 6.45) is 0.980. The van der Waals surface area contributed by atoms with Gasteiger partial charge in [0.25, 0.3) is 15.0 Å². The van der Waals surface area contributed by atoms with Gasteiger partial charge in [0, 0.05) is 29.8 Å². The average molecular weight is 304 g/mol. The number of rotatable bonds is 5. The van der Waals surface area contributed by atoms with Crippen molar-refractivity contribution in [2.24, 2.45) is 5.92 Å². The van der Waals surface area contributed by atoms with Gasteiger partial charge in [0.2, 0.25) is 0 Å². The summed E-state index contributed by atoms with van der Waals surface area (Å²) in [5, 5.41) is 0. The van der Waals surface area contributed by atoms with Crippen LogP contribution in [0, 0.1) is 5.92 Å². The van der Waals surface area contributed by atoms with E-state index in [0.717, 1.165) is 6.42 Å². The van der Waals surface area contributed by atoms with Crippen LogP contribution in [0.25, 0.3) is 0 Å². The third-order valence-corrected chi connectivity index (χ3v) is 4.34. The molecule has 0 fully saturated rings. The van der Waals surface area contributed by atoms with Crippen molar-refractivity contribution in [3.8, 4) is 0 Å². The van der Waals surface area contributed by atoms with Crippen molar-refractivity contribution in [1.82, 2.24) is 4.90 Å². The molecule has 19 heavy (non-hydrogen) atoms. The summed E-state index contributed by atoms with van der Waals surface area (Å²) < 4.78 is 22.5. The molecule has 0 spiro atoms. The standard InChI is InChI=1S/C13H18ClNO3S/c1-4-10(2)9-15(3)13(16)11-6-5-7-12(8-11)19(14,17)18/h5-8,10H,4,9H2,1-3H3. The highest BCUT2D eigenvalue weighted by molar-refractivity contribution is 8.13. The zero-order chi connectivity index (χ0) is 14.6. The summed E-state index contributed by atoms with van der Waals surface area (Å²) in [5.74, 6) is 0.191. The Morgan fingerprint density at radius 3 is 2.58 bits per heavy atom. The fourth-order valence-corrected chi connectivity index (χ4v) is 2.48. The normalized spacial score (nSPS) is 13.1. The van der Waals surface area contributed by atoms with Gasteiger partial charge in [-0.2, -0.15) is 0 Å². The van der Waals surface area contributed by atoms with Crippen LogP contribution in [-0.2, 0) is 9.05 Å². The Hall–Kier alpha value is -1.07. The van der Waals surface area contributed by atoms with Crippen LogP contribution in [0.4, 0.5) is 0 Å². The first-order valence-corrected chi connectivity index (χ1v) is 8.36. The lowest BCUT2D eigenvalue weighted by Crippen LogP contribution is -2.30. The minimum atomic E-state index is -3.81. The predicted octanol–water partition coefficient (Wildman–Crippen LogP) is 2.73. The molecule has 1 atom stereocenters. The minimum Gasteiger partial charge on any atom is -0.341 e. The van der Waals surface area contributed by atoms with Crippen LogP contribution in [0.2, 0.25) is 0 Å². The lowest BCUT2D eigenvalue weighted by atomic mass is 10.1. The fraction of sp³-hybridized carbons (Fsp3) is 0.462. The number of hydrogen-bond acceptors (Lipinski definition) is 3. The Morgan fingerprint density at radius 2 is 2.05 bits per heavy atom. The van der Waals surface area contributed by atoms with Gasteiger partial charge in [-0.1, -0.05) is 26.3 Å². The van der Waals surface area contributed by atoms with Gasteiger partial charge >= 0.3 is 0 Å². The van der Waals surface area contributed by atoms with Crippen LogP contribution >= 0.6 is 10.7 Å². The van der Waals surface area contributed by atoms with Crippen LogP contribution in [0.5, 0.6) is 0 Å². The number of carbonyl (C=O) groups excluding carboxylic acids is 1. The van der Waals surface area contributed by atoms with E-state index in [4.69, 9.17) is 10.7 Å². The molecule has 0 radical (unpaired) electrons. The van der Waals surface area contributed by atoms with Gasteiger partial charge in [0.05, 0.1) is 4.90 Å². The number of nitrogens with zero attached hydrogens (tertiary/aromatic N) is 1. The molecule has 1 unspecified atom stereocenters. The Bertz CT molecular complexity index is 557. The topological polar surface area (TPSA) is 54.5 Å². The molecular formula is C13H18ClNO3S. The maximum absolute atomic E-state index is 12.2. The number of carbonyl (C=O) groups is 1. The highest BCUT2D eigenvalue weighted by Gasteiger charge is 2.17. The van der Waals surface area contributed by atoms with Crippen LogP contribution in [-0.4, -0.2) is 32.8 Å². The first-order chi connectivity index (χ1) is 8.75. The molecule has 1 aromatic carbocycles. The summed E-state index contributed by atoms with van der Waals surface area (Å²) in [5.41, 5.74) is 0.326. The molecule has 0 saturated heterocycles. The summed E-state index contributed by atoms with van der Waals surface area (Å²) in [7, 11) is 3.16. The van der Waals surface area contributed by atoms with Crippen molar-refractivity contribution in [2.45, 2.75) is 25.2 Å². The molecular weight excluding hydrogens is 286 g/mol. The van der Waals surface area contributed by atoms with Gasteiger partial charge in [-0.05, 0) is 24.1 Å². The smallest absolute Gasteiger partial charge is 0.261 e. The van der Waals surface area contributed by atoms with Crippen LogP contribution in [0.15, 0.2) is 29.2 Å². The zero-order valence-electron chi connectivity index (χ0n) is 11.3. The number of benzene rings is 1. The molecule has 0 bridgehead atoms. The molecule has 1 amide bonds. The van der Waals surface area contributed by atoms with Crippen molar-refractivity contribution >= 4 is 25.6 Å². The Labute approximate surface area is 118 Å². The molecule has 1 rings (SSSR count). The van der Waals surface area contributed by atoms with E-state index >= 15 is 0 Å². The highest BCUT2D eigenvalue weighted by Crippen LogP contribution is 2.17. The Morgan fingerprint density at radius 1 is 1.42 bits per heavy atom. The molecule has 1 aromatic rings. The second kappa shape index (κ2) is 6.39. The molecule has 106 valence electrons. The fourth-order valence-electron chi connectivity index (χ4n) is 1.68. The summed E-state index contributed by atoms with van der Waals surface area (Å²) in [6, 6.07) is 5.77. The summed E-state index contributed by atoms with van der Waals surface area (Å²) >= 11 is 0. The average Bonchev–Trinajstić information content (AvgIpc) is 2.36. The van der Waals surface area contributed by atoms with Crippen LogP contribution < -0.4 is 0 Å². The molecule has 0 aromatic heterocycles. The van der Waals surface area contributed by atoms with Gasteiger partial charge < -0.3 is 4.90 Å². The molecule has 0 heterocycles. The first kappa shape index (κ1) is 16.0. The van der Waals surface area contributed by atoms with E-state index in [2.05, 4.69) is 13.8 Å².